The van der Waals surface area contributed by atoms with Crippen LogP contribution in [0.1, 0.15) is 44.5 Å². The lowest BCUT2D eigenvalue weighted by Crippen LogP contribution is -2.23. The van der Waals surface area contributed by atoms with Crippen LogP contribution in [0.4, 0.5) is 17.1 Å². The van der Waals surface area contributed by atoms with Gasteiger partial charge in [0, 0.05) is 41.8 Å². The minimum Gasteiger partial charge on any atom is -0.457 e. The normalized spacial score (nSPS) is 12.6. The van der Waals surface area contributed by atoms with E-state index in [0.717, 1.165) is 46.1 Å². The standard InChI is InChI=1S/C51H48N4O/c1-30-23-31(2)50(32(3)24-30)38-17-20-46-48(25-38)54(29-53(46)9)40-13-12-14-41(27-40)56-42-18-19-44-43-15-10-11-16-45(43)55(47(44)28-42)49-26-39(21-22-52-49)51-36(7)34(5)33(4)35(6)37(51)8/h10-28H,29H2,1-9H3. The van der Waals surface area contributed by atoms with Gasteiger partial charge in [0.15, 0.2) is 0 Å². The Labute approximate surface area is 330 Å². The van der Waals surface area contributed by atoms with Crippen LogP contribution in [-0.4, -0.2) is 23.3 Å². The Bertz CT molecular complexity index is 2830. The average Bonchev–Trinajstić information content (AvgIpc) is 3.70. The van der Waals surface area contributed by atoms with Gasteiger partial charge in [0.2, 0.25) is 0 Å². The Morgan fingerprint density at radius 1 is 0.536 bits per heavy atom. The molecule has 6 aromatic carbocycles. The fourth-order valence-electron chi connectivity index (χ4n) is 9.18. The Morgan fingerprint density at radius 3 is 1.98 bits per heavy atom. The Balaban J connectivity index is 1.09. The second kappa shape index (κ2) is 13.5. The van der Waals surface area contributed by atoms with Crippen LogP contribution in [-0.2, 0) is 0 Å². The zero-order valence-corrected chi connectivity index (χ0v) is 33.9. The molecule has 9 rings (SSSR count). The van der Waals surface area contributed by atoms with Crippen LogP contribution in [0.25, 0.3) is 49.9 Å². The van der Waals surface area contributed by atoms with Crippen LogP contribution in [0.5, 0.6) is 11.5 Å². The lowest BCUT2D eigenvalue weighted by molar-refractivity contribution is 0.483. The summed E-state index contributed by atoms with van der Waals surface area (Å²) in [7, 11) is 2.16. The molecule has 0 aliphatic carbocycles. The molecule has 0 bridgehead atoms. The number of hydrogen-bond donors (Lipinski definition) is 0. The van der Waals surface area contributed by atoms with Gasteiger partial charge in [-0.3, -0.25) is 4.57 Å². The van der Waals surface area contributed by atoms with Crippen LogP contribution in [0.3, 0.4) is 0 Å². The molecule has 5 nitrogen and oxygen atoms in total. The summed E-state index contributed by atoms with van der Waals surface area (Å²) in [5, 5.41) is 2.35. The third kappa shape index (κ3) is 5.73. The molecular weight excluding hydrogens is 685 g/mol. The van der Waals surface area contributed by atoms with Crippen LogP contribution in [0, 0.1) is 55.4 Å². The van der Waals surface area contributed by atoms with E-state index >= 15 is 0 Å². The Morgan fingerprint density at radius 2 is 1.21 bits per heavy atom. The molecule has 0 saturated carbocycles. The first-order chi connectivity index (χ1) is 27.0. The summed E-state index contributed by atoms with van der Waals surface area (Å²) in [5.41, 5.74) is 21.3. The van der Waals surface area contributed by atoms with E-state index in [9.17, 15) is 0 Å². The van der Waals surface area contributed by atoms with Crippen molar-refractivity contribution in [1.29, 1.82) is 0 Å². The highest BCUT2D eigenvalue weighted by Gasteiger charge is 2.26. The third-order valence-corrected chi connectivity index (χ3v) is 12.3. The zero-order chi connectivity index (χ0) is 39.0. The molecule has 1 aliphatic heterocycles. The van der Waals surface area contributed by atoms with E-state index in [0.29, 0.717) is 0 Å². The van der Waals surface area contributed by atoms with Gasteiger partial charge in [-0.1, -0.05) is 48.0 Å². The maximum Gasteiger partial charge on any atom is 0.138 e. The monoisotopic (exact) mass is 732 g/mol. The molecule has 1 aliphatic rings. The summed E-state index contributed by atoms with van der Waals surface area (Å²) >= 11 is 0. The summed E-state index contributed by atoms with van der Waals surface area (Å²) in [6.07, 6.45) is 1.94. The number of para-hydroxylation sites is 1. The highest BCUT2D eigenvalue weighted by Crippen LogP contribution is 2.44. The minimum absolute atomic E-state index is 0.757. The number of fused-ring (bicyclic) bond motifs is 4. The van der Waals surface area contributed by atoms with E-state index in [1.165, 1.54) is 83.5 Å². The number of aromatic nitrogens is 2. The SMILES string of the molecule is Cc1cc(C)c(-c2ccc3c(c2)N(c2cccc(Oc4ccc5c6ccccc6n(-c6cc(-c7c(C)c(C)c(C)c(C)c7C)ccn6)c5c4)c2)CN3C)c(C)c1. The number of hydrogen-bond acceptors (Lipinski definition) is 4. The van der Waals surface area contributed by atoms with E-state index in [2.05, 4.69) is 180 Å². The van der Waals surface area contributed by atoms with Crippen molar-refractivity contribution in [1.82, 2.24) is 9.55 Å². The summed E-state index contributed by atoms with van der Waals surface area (Å²) in [6, 6.07) is 39.3. The first-order valence-corrected chi connectivity index (χ1v) is 19.5. The first-order valence-electron chi connectivity index (χ1n) is 19.5. The van der Waals surface area contributed by atoms with Crippen molar-refractivity contribution in [3.63, 3.8) is 0 Å². The molecule has 0 spiro atoms. The maximum absolute atomic E-state index is 6.71. The predicted octanol–water partition coefficient (Wildman–Crippen LogP) is 13.3. The van der Waals surface area contributed by atoms with Crippen molar-refractivity contribution in [2.45, 2.75) is 55.4 Å². The van der Waals surface area contributed by atoms with Gasteiger partial charge in [-0.2, -0.15) is 0 Å². The summed E-state index contributed by atoms with van der Waals surface area (Å²) in [6.45, 7) is 18.5. The molecule has 56 heavy (non-hydrogen) atoms. The maximum atomic E-state index is 6.71. The number of nitrogens with zero attached hydrogens (tertiary/aromatic N) is 4. The largest absolute Gasteiger partial charge is 0.457 e. The van der Waals surface area contributed by atoms with E-state index < -0.39 is 0 Å². The molecule has 0 unspecified atom stereocenters. The zero-order valence-electron chi connectivity index (χ0n) is 33.9. The molecule has 8 aromatic rings. The van der Waals surface area contributed by atoms with Gasteiger partial charge in [-0.05, 0) is 171 Å². The van der Waals surface area contributed by atoms with Gasteiger partial charge in [0.25, 0.3) is 0 Å². The van der Waals surface area contributed by atoms with Crippen molar-refractivity contribution in [2.24, 2.45) is 0 Å². The molecule has 278 valence electrons. The number of benzene rings is 6. The number of anilines is 3. The number of rotatable bonds is 6. The van der Waals surface area contributed by atoms with Crippen molar-refractivity contribution >= 4 is 38.9 Å². The molecule has 0 radical (unpaired) electrons. The highest BCUT2D eigenvalue weighted by atomic mass is 16.5. The van der Waals surface area contributed by atoms with E-state index in [1.807, 2.05) is 12.3 Å². The quantitative estimate of drug-likeness (QED) is 0.170. The third-order valence-electron chi connectivity index (χ3n) is 12.3. The van der Waals surface area contributed by atoms with E-state index in [4.69, 9.17) is 9.72 Å². The van der Waals surface area contributed by atoms with Gasteiger partial charge >= 0.3 is 0 Å². The van der Waals surface area contributed by atoms with Crippen molar-refractivity contribution in [3.8, 4) is 39.6 Å². The summed E-state index contributed by atoms with van der Waals surface area (Å²) < 4.78 is 8.99. The molecule has 3 heterocycles. The fourth-order valence-corrected chi connectivity index (χ4v) is 9.18. The molecule has 2 aromatic heterocycles. The Kier molecular flexibility index (Phi) is 8.50. The lowest BCUT2D eigenvalue weighted by Gasteiger charge is -2.21. The lowest BCUT2D eigenvalue weighted by atomic mass is 9.86. The van der Waals surface area contributed by atoms with E-state index in [-0.39, 0.29) is 0 Å². The van der Waals surface area contributed by atoms with Crippen molar-refractivity contribution in [2.75, 3.05) is 23.5 Å². The molecule has 0 fully saturated rings. The topological polar surface area (TPSA) is 33.5 Å². The number of pyridine rings is 1. The molecule has 0 atom stereocenters. The predicted molar refractivity (Wildman–Crippen MR) is 236 cm³/mol. The van der Waals surface area contributed by atoms with Gasteiger partial charge in [0.1, 0.15) is 17.3 Å². The molecule has 0 amide bonds. The number of ether oxygens (including phenoxy) is 1. The molecule has 0 N–H and O–H groups in total. The van der Waals surface area contributed by atoms with Crippen LogP contribution < -0.4 is 14.5 Å². The number of aryl methyl sites for hydroxylation is 3. The van der Waals surface area contributed by atoms with Crippen molar-refractivity contribution in [3.05, 3.63) is 160 Å². The smallest absolute Gasteiger partial charge is 0.138 e. The molecule has 0 saturated heterocycles. The van der Waals surface area contributed by atoms with Gasteiger partial charge in [0.05, 0.1) is 29.1 Å². The first kappa shape index (κ1) is 35.4. The van der Waals surface area contributed by atoms with Crippen LogP contribution in [0.2, 0.25) is 0 Å². The molecular formula is C51H48N4O. The summed E-state index contributed by atoms with van der Waals surface area (Å²) in [4.78, 5) is 9.66. The highest BCUT2D eigenvalue weighted by molar-refractivity contribution is 6.09. The van der Waals surface area contributed by atoms with Crippen molar-refractivity contribution < 1.29 is 4.74 Å². The summed E-state index contributed by atoms with van der Waals surface area (Å²) in [5.74, 6) is 2.45. The van der Waals surface area contributed by atoms with Crippen LogP contribution >= 0.6 is 0 Å². The minimum atomic E-state index is 0.757. The Hall–Kier alpha value is -6.33. The van der Waals surface area contributed by atoms with Gasteiger partial charge in [-0.25, -0.2) is 4.98 Å². The van der Waals surface area contributed by atoms with E-state index in [1.54, 1.807) is 0 Å². The second-order valence-electron chi connectivity index (χ2n) is 15.8. The average molecular weight is 733 g/mol. The fraction of sp³-hybridized carbons (Fsp3) is 0.196. The van der Waals surface area contributed by atoms with Gasteiger partial charge in [-0.15, -0.1) is 0 Å². The van der Waals surface area contributed by atoms with Crippen LogP contribution in [0.15, 0.2) is 115 Å². The second-order valence-corrected chi connectivity index (χ2v) is 15.8. The van der Waals surface area contributed by atoms with Gasteiger partial charge < -0.3 is 14.5 Å². The molecule has 5 heteroatoms.